The fourth-order valence-electron chi connectivity index (χ4n) is 5.89. The van der Waals surface area contributed by atoms with Gasteiger partial charge in [0.1, 0.15) is 6.61 Å². The van der Waals surface area contributed by atoms with Crippen molar-refractivity contribution in [3.8, 4) is 0 Å². The lowest BCUT2D eigenvalue weighted by atomic mass is 10.1. The summed E-state index contributed by atoms with van der Waals surface area (Å²) < 4.78 is 32.7. The molecule has 2 atom stereocenters. The Morgan fingerprint density at radius 3 is 1.46 bits per heavy atom. The molecular formula is C49H84NO8P. The second-order valence-corrected chi connectivity index (χ2v) is 16.3. The molecule has 0 rings (SSSR count). The lowest BCUT2D eigenvalue weighted by Gasteiger charge is -2.19. The number of rotatable bonds is 42. The van der Waals surface area contributed by atoms with Gasteiger partial charge in [0.2, 0.25) is 0 Å². The maximum absolute atomic E-state index is 12.5. The average Bonchev–Trinajstić information content (AvgIpc) is 3.22. The molecule has 0 heterocycles. The number of nitrogens with two attached hydrogens (primary N) is 1. The van der Waals surface area contributed by atoms with Gasteiger partial charge in [0.25, 0.3) is 0 Å². The van der Waals surface area contributed by atoms with E-state index in [1.54, 1.807) is 0 Å². The van der Waals surface area contributed by atoms with Gasteiger partial charge in [-0.3, -0.25) is 18.6 Å². The summed E-state index contributed by atoms with van der Waals surface area (Å²) in [6.07, 6.45) is 56.4. The lowest BCUT2D eigenvalue weighted by molar-refractivity contribution is -0.161. The van der Waals surface area contributed by atoms with Crippen LogP contribution >= 0.6 is 7.82 Å². The number of hydrogen-bond donors (Lipinski definition) is 2. The predicted octanol–water partition coefficient (Wildman–Crippen LogP) is 13.6. The van der Waals surface area contributed by atoms with Crippen LogP contribution in [0, 0.1) is 0 Å². The van der Waals surface area contributed by atoms with Crippen LogP contribution in [0.4, 0.5) is 0 Å². The minimum Gasteiger partial charge on any atom is -0.462 e. The summed E-state index contributed by atoms with van der Waals surface area (Å²) in [6.45, 7) is 3.50. The number of hydrogen-bond acceptors (Lipinski definition) is 8. The fraction of sp³-hybridized carbons (Fsp3) is 0.673. The molecule has 0 aromatic carbocycles. The van der Waals surface area contributed by atoms with Crippen LogP contribution in [0.2, 0.25) is 0 Å². The smallest absolute Gasteiger partial charge is 0.462 e. The monoisotopic (exact) mass is 846 g/mol. The first-order valence-electron chi connectivity index (χ1n) is 23.1. The summed E-state index contributed by atoms with van der Waals surface area (Å²) in [6, 6.07) is 0. The highest BCUT2D eigenvalue weighted by Gasteiger charge is 2.25. The third-order valence-corrected chi connectivity index (χ3v) is 10.3. The van der Waals surface area contributed by atoms with Gasteiger partial charge in [0.15, 0.2) is 6.10 Å². The normalized spacial score (nSPS) is 14.0. The molecule has 0 radical (unpaired) electrons. The van der Waals surface area contributed by atoms with Gasteiger partial charge in [-0.05, 0) is 77.0 Å². The van der Waals surface area contributed by atoms with Crippen molar-refractivity contribution in [2.75, 3.05) is 26.4 Å². The molecule has 0 aliphatic carbocycles. The van der Waals surface area contributed by atoms with E-state index >= 15 is 0 Å². The van der Waals surface area contributed by atoms with Crippen LogP contribution in [0.5, 0.6) is 0 Å². The maximum Gasteiger partial charge on any atom is 0.472 e. The third kappa shape index (κ3) is 44.6. The van der Waals surface area contributed by atoms with Gasteiger partial charge in [-0.25, -0.2) is 4.57 Å². The fourth-order valence-corrected chi connectivity index (χ4v) is 6.65. The first-order chi connectivity index (χ1) is 28.8. The number of phosphoric ester groups is 1. The summed E-state index contributed by atoms with van der Waals surface area (Å²) in [4.78, 5) is 34.8. The highest BCUT2D eigenvalue weighted by Crippen LogP contribution is 2.43. The molecule has 3 N–H and O–H groups in total. The van der Waals surface area contributed by atoms with Crippen molar-refractivity contribution in [3.05, 3.63) is 85.1 Å². The Balaban J connectivity index is 4.12. The Morgan fingerprint density at radius 2 is 0.966 bits per heavy atom. The average molecular weight is 846 g/mol. The van der Waals surface area contributed by atoms with Crippen LogP contribution in [0.3, 0.4) is 0 Å². The van der Waals surface area contributed by atoms with Crippen molar-refractivity contribution in [2.45, 2.75) is 187 Å². The summed E-state index contributed by atoms with van der Waals surface area (Å²) in [5.41, 5.74) is 5.34. The molecule has 0 saturated carbocycles. The van der Waals surface area contributed by atoms with E-state index in [1.807, 2.05) is 12.2 Å². The van der Waals surface area contributed by atoms with Crippen molar-refractivity contribution >= 4 is 19.8 Å². The molecule has 0 amide bonds. The highest BCUT2D eigenvalue weighted by atomic mass is 31.2. The maximum atomic E-state index is 12.5. The molecule has 0 aromatic heterocycles. The van der Waals surface area contributed by atoms with Crippen LogP contribution in [0.15, 0.2) is 85.1 Å². The zero-order valence-corrected chi connectivity index (χ0v) is 38.1. The molecule has 0 saturated heterocycles. The van der Waals surface area contributed by atoms with Crippen LogP contribution < -0.4 is 5.73 Å². The van der Waals surface area contributed by atoms with E-state index in [0.29, 0.717) is 12.8 Å². The van der Waals surface area contributed by atoms with Gasteiger partial charge in [-0.2, -0.15) is 0 Å². The Bertz CT molecular complexity index is 1240. The van der Waals surface area contributed by atoms with E-state index in [4.69, 9.17) is 24.3 Å². The van der Waals surface area contributed by atoms with E-state index in [2.05, 4.69) is 86.8 Å². The van der Waals surface area contributed by atoms with Crippen molar-refractivity contribution in [1.82, 2.24) is 0 Å². The largest absolute Gasteiger partial charge is 0.472 e. The number of allylic oxidation sites excluding steroid dienone is 14. The van der Waals surface area contributed by atoms with E-state index in [-0.39, 0.29) is 32.6 Å². The SMILES string of the molecule is CC/C=C\C/C=C\C/C=C\C/C=C\CCC(=O)OC(COC(=O)CCCCCCCCCCCC/C=C\C/C=C\C/C=C\CCCCCCC)COP(=O)(O)OCCN. The Hall–Kier alpha value is -2.81. The molecule has 2 unspecified atom stereocenters. The second-order valence-electron chi connectivity index (χ2n) is 14.9. The molecular weight excluding hydrogens is 762 g/mol. The van der Waals surface area contributed by atoms with Crippen LogP contribution in [0.25, 0.3) is 0 Å². The van der Waals surface area contributed by atoms with Gasteiger partial charge in [0.05, 0.1) is 13.2 Å². The molecule has 10 heteroatoms. The quantitative estimate of drug-likeness (QED) is 0.0266. The molecule has 0 aliphatic heterocycles. The predicted molar refractivity (Wildman–Crippen MR) is 247 cm³/mol. The standard InChI is InChI=1S/C49H84NO8P/c1-3-5-7-9-11-13-15-17-18-19-20-21-22-23-24-25-26-27-28-30-31-33-35-37-39-41-48(51)55-45-47(46-57-59(53,54)56-44-43-50)58-49(52)42-40-38-36-34-32-29-16-14-12-10-8-6-4-2/h6,8,12,14-15,17,19-20,22-23,29,32,36,38,47H,3-5,7,9-11,13,16,18,21,24-28,30-31,33-35,37,39-46,50H2,1-2H3,(H,53,54)/b8-6-,14-12-,17-15-,20-19-,23-22-,32-29-,38-36-. The molecule has 0 spiro atoms. The van der Waals surface area contributed by atoms with E-state index < -0.39 is 32.5 Å². The van der Waals surface area contributed by atoms with E-state index in [0.717, 1.165) is 64.2 Å². The summed E-state index contributed by atoms with van der Waals surface area (Å²) in [7, 11) is -4.40. The minimum absolute atomic E-state index is 0.0381. The molecule has 0 bridgehead atoms. The summed E-state index contributed by atoms with van der Waals surface area (Å²) >= 11 is 0. The number of ether oxygens (including phenoxy) is 2. The van der Waals surface area contributed by atoms with Crippen molar-refractivity contribution < 1.29 is 37.6 Å². The lowest BCUT2D eigenvalue weighted by Crippen LogP contribution is -2.29. The number of carbonyl (C=O) groups is 2. The molecule has 338 valence electrons. The molecule has 9 nitrogen and oxygen atoms in total. The minimum atomic E-state index is -4.40. The van der Waals surface area contributed by atoms with Crippen LogP contribution in [-0.4, -0.2) is 49.3 Å². The van der Waals surface area contributed by atoms with E-state index in [1.165, 1.54) is 77.0 Å². The van der Waals surface area contributed by atoms with E-state index in [9.17, 15) is 19.0 Å². The van der Waals surface area contributed by atoms with Gasteiger partial charge in [-0.1, -0.05) is 176 Å². The first-order valence-corrected chi connectivity index (χ1v) is 24.6. The molecule has 59 heavy (non-hydrogen) atoms. The van der Waals surface area contributed by atoms with Crippen molar-refractivity contribution in [2.24, 2.45) is 5.73 Å². The number of esters is 2. The van der Waals surface area contributed by atoms with Crippen molar-refractivity contribution in [1.29, 1.82) is 0 Å². The Labute approximate surface area is 360 Å². The van der Waals surface area contributed by atoms with Crippen molar-refractivity contribution in [3.63, 3.8) is 0 Å². The van der Waals surface area contributed by atoms with Crippen LogP contribution in [0.1, 0.15) is 181 Å². The van der Waals surface area contributed by atoms with Gasteiger partial charge < -0.3 is 20.1 Å². The third-order valence-electron chi connectivity index (χ3n) is 9.28. The summed E-state index contributed by atoms with van der Waals surface area (Å²) in [5, 5.41) is 0. The molecule has 0 aromatic rings. The second kappa shape index (κ2) is 44.7. The first kappa shape index (κ1) is 56.2. The molecule has 0 aliphatic rings. The van der Waals surface area contributed by atoms with Crippen LogP contribution in [-0.2, 0) is 32.7 Å². The highest BCUT2D eigenvalue weighted by molar-refractivity contribution is 7.47. The summed E-state index contributed by atoms with van der Waals surface area (Å²) in [5.74, 6) is -0.934. The Kier molecular flexibility index (Phi) is 42.6. The Morgan fingerprint density at radius 1 is 0.525 bits per heavy atom. The zero-order valence-electron chi connectivity index (χ0n) is 37.2. The van der Waals surface area contributed by atoms with Gasteiger partial charge in [0, 0.05) is 19.4 Å². The zero-order chi connectivity index (χ0) is 43.2. The number of phosphoric acid groups is 1. The van der Waals surface area contributed by atoms with Gasteiger partial charge in [-0.15, -0.1) is 0 Å². The molecule has 0 fully saturated rings. The number of unbranched alkanes of at least 4 members (excludes halogenated alkanes) is 15. The topological polar surface area (TPSA) is 134 Å². The van der Waals surface area contributed by atoms with Gasteiger partial charge >= 0.3 is 19.8 Å². The number of carbonyl (C=O) groups excluding carboxylic acids is 2.